The zero-order chi connectivity index (χ0) is 23.9. The SMILES string of the molecule is CC.CC(C1CC1)N1Cc2cc(Br)cc(OCCOCCNC(=O)OC(C)(C)C)c2C1=O. The Kier molecular flexibility index (Phi) is 9.83. The molecule has 1 aromatic rings. The van der Waals surface area contributed by atoms with Crippen LogP contribution in [0, 0.1) is 5.92 Å². The fraction of sp³-hybridized carbons (Fsp3) is 0.667. The number of carbonyl (C=O) groups excluding carboxylic acids is 2. The lowest BCUT2D eigenvalue weighted by atomic mass is 10.1. The van der Waals surface area contributed by atoms with Crippen molar-refractivity contribution < 1.29 is 23.8 Å². The average molecular weight is 513 g/mol. The molecule has 3 rings (SSSR count). The van der Waals surface area contributed by atoms with Crippen LogP contribution in [0.15, 0.2) is 16.6 Å². The number of hydrogen-bond donors (Lipinski definition) is 1. The van der Waals surface area contributed by atoms with Crippen LogP contribution in [0.4, 0.5) is 4.79 Å². The van der Waals surface area contributed by atoms with Crippen molar-refractivity contribution in [3.8, 4) is 5.75 Å². The highest BCUT2D eigenvalue weighted by molar-refractivity contribution is 9.10. The predicted octanol–water partition coefficient (Wildman–Crippen LogP) is 5.15. The summed E-state index contributed by atoms with van der Waals surface area (Å²) >= 11 is 3.52. The molecular formula is C24H37BrN2O5. The van der Waals surface area contributed by atoms with Gasteiger partial charge in [-0.2, -0.15) is 0 Å². The summed E-state index contributed by atoms with van der Waals surface area (Å²) in [7, 11) is 0. The van der Waals surface area contributed by atoms with E-state index in [4.69, 9.17) is 14.2 Å². The van der Waals surface area contributed by atoms with Crippen molar-refractivity contribution in [2.75, 3.05) is 26.4 Å². The number of amides is 2. The molecule has 0 saturated heterocycles. The average Bonchev–Trinajstić information content (AvgIpc) is 3.51. The molecule has 32 heavy (non-hydrogen) atoms. The second kappa shape index (κ2) is 11.9. The molecule has 1 aromatic carbocycles. The monoisotopic (exact) mass is 512 g/mol. The van der Waals surface area contributed by atoms with E-state index < -0.39 is 11.7 Å². The number of rotatable bonds is 9. The van der Waals surface area contributed by atoms with Crippen LogP contribution in [0.2, 0.25) is 0 Å². The highest BCUT2D eigenvalue weighted by Crippen LogP contribution is 2.41. The molecule has 1 aliphatic heterocycles. The summed E-state index contributed by atoms with van der Waals surface area (Å²) in [5.74, 6) is 1.26. The van der Waals surface area contributed by atoms with Crippen LogP contribution in [0.3, 0.4) is 0 Å². The van der Waals surface area contributed by atoms with Crippen LogP contribution in [0.25, 0.3) is 0 Å². The summed E-state index contributed by atoms with van der Waals surface area (Å²) in [5, 5.41) is 2.64. The van der Waals surface area contributed by atoms with Crippen molar-refractivity contribution in [1.82, 2.24) is 10.2 Å². The Bertz CT molecular complexity index is 789. The Morgan fingerprint density at radius 1 is 1.22 bits per heavy atom. The highest BCUT2D eigenvalue weighted by atomic mass is 79.9. The van der Waals surface area contributed by atoms with Crippen molar-refractivity contribution >= 4 is 27.9 Å². The highest BCUT2D eigenvalue weighted by Gasteiger charge is 2.40. The van der Waals surface area contributed by atoms with Gasteiger partial charge in [0.15, 0.2) is 0 Å². The Morgan fingerprint density at radius 2 is 1.91 bits per heavy atom. The second-order valence-corrected chi connectivity index (χ2v) is 9.75. The third-order valence-corrected chi connectivity index (χ3v) is 5.62. The van der Waals surface area contributed by atoms with Gasteiger partial charge in [-0.25, -0.2) is 4.79 Å². The largest absolute Gasteiger partial charge is 0.490 e. The molecule has 7 nitrogen and oxygen atoms in total. The molecule has 0 spiro atoms. The number of nitrogens with zero attached hydrogens (tertiary/aromatic N) is 1. The smallest absolute Gasteiger partial charge is 0.407 e. The zero-order valence-corrected chi connectivity index (χ0v) is 21.7. The Labute approximate surface area is 200 Å². The van der Waals surface area contributed by atoms with E-state index in [1.807, 2.05) is 51.7 Å². The number of nitrogens with one attached hydrogen (secondary N) is 1. The van der Waals surface area contributed by atoms with E-state index >= 15 is 0 Å². The quantitative estimate of drug-likeness (QED) is 0.463. The maximum Gasteiger partial charge on any atom is 0.407 e. The van der Waals surface area contributed by atoms with E-state index in [2.05, 4.69) is 28.2 Å². The van der Waals surface area contributed by atoms with Crippen molar-refractivity contribution in [1.29, 1.82) is 0 Å². The summed E-state index contributed by atoms with van der Waals surface area (Å²) in [5.41, 5.74) is 1.14. The molecule has 1 saturated carbocycles. The minimum absolute atomic E-state index is 0.0504. The van der Waals surface area contributed by atoms with E-state index in [1.54, 1.807) is 0 Å². The summed E-state index contributed by atoms with van der Waals surface area (Å²) in [4.78, 5) is 26.5. The predicted molar refractivity (Wildman–Crippen MR) is 128 cm³/mol. The summed E-state index contributed by atoms with van der Waals surface area (Å²) in [6.45, 7) is 13.6. The number of hydrogen-bond acceptors (Lipinski definition) is 5. The first kappa shape index (κ1) is 26.5. The molecule has 8 heteroatoms. The van der Waals surface area contributed by atoms with Crippen LogP contribution < -0.4 is 10.1 Å². The van der Waals surface area contributed by atoms with Crippen molar-refractivity contribution in [3.05, 3.63) is 27.7 Å². The lowest BCUT2D eigenvalue weighted by molar-refractivity contribution is 0.0489. The molecule has 0 radical (unpaired) electrons. The molecule has 1 fully saturated rings. The third kappa shape index (κ3) is 7.66. The number of alkyl carbamates (subject to hydrolysis) is 1. The molecule has 2 aliphatic rings. The molecule has 0 aromatic heterocycles. The minimum atomic E-state index is -0.521. The molecule has 1 heterocycles. The van der Waals surface area contributed by atoms with Gasteiger partial charge in [0, 0.05) is 23.6 Å². The molecule has 1 unspecified atom stereocenters. The third-order valence-electron chi connectivity index (χ3n) is 5.16. The van der Waals surface area contributed by atoms with E-state index in [-0.39, 0.29) is 11.9 Å². The molecular weight excluding hydrogens is 476 g/mol. The van der Waals surface area contributed by atoms with E-state index in [1.165, 1.54) is 12.8 Å². The van der Waals surface area contributed by atoms with Crippen LogP contribution in [-0.2, 0) is 16.0 Å². The summed E-state index contributed by atoms with van der Waals surface area (Å²) < 4.78 is 17.4. The molecule has 0 bridgehead atoms. The lowest BCUT2D eigenvalue weighted by Gasteiger charge is -2.24. The Hall–Kier alpha value is -1.80. The maximum absolute atomic E-state index is 13.0. The normalized spacial score (nSPS) is 16.1. The van der Waals surface area contributed by atoms with Gasteiger partial charge in [0.05, 0.1) is 18.8 Å². The van der Waals surface area contributed by atoms with Crippen LogP contribution in [-0.4, -0.2) is 54.9 Å². The zero-order valence-electron chi connectivity index (χ0n) is 20.1. The number of carbonyl (C=O) groups is 2. The molecule has 1 aliphatic carbocycles. The van der Waals surface area contributed by atoms with E-state index in [9.17, 15) is 9.59 Å². The number of benzene rings is 1. The van der Waals surface area contributed by atoms with E-state index in [0.717, 1.165) is 10.0 Å². The van der Waals surface area contributed by atoms with Gasteiger partial charge in [-0.3, -0.25) is 4.79 Å². The van der Waals surface area contributed by atoms with E-state index in [0.29, 0.717) is 50.1 Å². The first-order valence-corrected chi connectivity index (χ1v) is 12.3. The number of halogens is 1. The van der Waals surface area contributed by atoms with Gasteiger partial charge in [-0.05, 0) is 64.2 Å². The standard InChI is InChI=1S/C22H31BrN2O5.C2H6/c1-14(15-5-6-15)25-13-16-11-17(23)12-18(19(16)20(25)26)29-10-9-28-8-7-24-21(27)30-22(2,3)4;1-2/h11-12,14-15H,5-10,13H2,1-4H3,(H,24,27);1-2H3. The Balaban J connectivity index is 0.00000176. The van der Waals surface area contributed by atoms with Gasteiger partial charge < -0.3 is 24.4 Å². The van der Waals surface area contributed by atoms with Gasteiger partial charge in [0.25, 0.3) is 5.91 Å². The second-order valence-electron chi connectivity index (χ2n) is 8.84. The topological polar surface area (TPSA) is 77.1 Å². The summed E-state index contributed by atoms with van der Waals surface area (Å²) in [6.07, 6.45) is 1.94. The molecule has 180 valence electrons. The van der Waals surface area contributed by atoms with Crippen molar-refractivity contribution in [2.24, 2.45) is 5.92 Å². The fourth-order valence-corrected chi connectivity index (χ4v) is 4.01. The lowest BCUT2D eigenvalue weighted by Crippen LogP contribution is -2.34. The van der Waals surface area contributed by atoms with Gasteiger partial charge >= 0.3 is 6.09 Å². The minimum Gasteiger partial charge on any atom is -0.490 e. The Morgan fingerprint density at radius 3 is 2.53 bits per heavy atom. The first-order chi connectivity index (χ1) is 15.2. The maximum atomic E-state index is 13.0. The first-order valence-electron chi connectivity index (χ1n) is 11.5. The van der Waals surface area contributed by atoms with Gasteiger partial charge in [-0.15, -0.1) is 0 Å². The number of fused-ring (bicyclic) bond motifs is 1. The van der Waals surface area contributed by atoms with Crippen LogP contribution in [0.5, 0.6) is 5.75 Å². The number of ether oxygens (including phenoxy) is 3. The molecule has 1 atom stereocenters. The van der Waals surface area contributed by atoms with Crippen molar-refractivity contribution in [3.63, 3.8) is 0 Å². The molecule has 2 amide bonds. The van der Waals surface area contributed by atoms with Crippen molar-refractivity contribution in [2.45, 2.75) is 72.6 Å². The van der Waals surface area contributed by atoms with Gasteiger partial charge in [-0.1, -0.05) is 29.8 Å². The van der Waals surface area contributed by atoms with Crippen LogP contribution in [0.1, 0.15) is 70.3 Å². The summed E-state index contributed by atoms with van der Waals surface area (Å²) in [6, 6.07) is 4.10. The van der Waals surface area contributed by atoms with Gasteiger partial charge in [0.1, 0.15) is 18.0 Å². The molecule has 1 N–H and O–H groups in total. The van der Waals surface area contributed by atoms with Crippen LogP contribution >= 0.6 is 15.9 Å². The fourth-order valence-electron chi connectivity index (χ4n) is 3.53. The van der Waals surface area contributed by atoms with Gasteiger partial charge in [0.2, 0.25) is 0 Å².